The predicted molar refractivity (Wildman–Crippen MR) is 92.3 cm³/mol. The third-order valence-electron chi connectivity index (χ3n) is 3.57. The summed E-state index contributed by atoms with van der Waals surface area (Å²) in [6, 6.07) is 19.9. The molecule has 0 atom stereocenters. The zero-order valence-corrected chi connectivity index (χ0v) is 12.8. The molecule has 0 fully saturated rings. The third-order valence-corrected chi connectivity index (χ3v) is 3.57. The average Bonchev–Trinajstić information content (AvgIpc) is 3.05. The fraction of sp³-hybridized carbons (Fsp3) is 0.0588. The van der Waals surface area contributed by atoms with Crippen LogP contribution in [0.3, 0.4) is 0 Å². The molecule has 0 radical (unpaired) electrons. The summed E-state index contributed by atoms with van der Waals surface area (Å²) in [4.78, 5) is 8.55. The minimum atomic E-state index is 0.586. The standard InChI is InChI=1S/C17H15N7/c1-3-7-13(8-4-1)11-24-17-15(21-23-24)16(18-12-19-17)22-20-14-9-5-2-6-10-14/h1-10,12,20H,11H2,(H,18,19,22). The van der Waals surface area contributed by atoms with E-state index in [4.69, 9.17) is 0 Å². The lowest BCUT2D eigenvalue weighted by Gasteiger charge is -2.08. The number of aromatic nitrogens is 5. The molecular formula is C17H15N7. The molecule has 2 aromatic carbocycles. The van der Waals surface area contributed by atoms with E-state index in [1.807, 2.05) is 60.7 Å². The molecule has 2 N–H and O–H groups in total. The maximum absolute atomic E-state index is 4.31. The van der Waals surface area contributed by atoms with Crippen molar-refractivity contribution in [2.24, 2.45) is 0 Å². The summed E-state index contributed by atoms with van der Waals surface area (Å²) in [6.07, 6.45) is 1.50. The van der Waals surface area contributed by atoms with Gasteiger partial charge in [-0.05, 0) is 17.7 Å². The normalized spacial score (nSPS) is 10.7. The molecule has 2 aromatic heterocycles. The van der Waals surface area contributed by atoms with Gasteiger partial charge in [-0.1, -0.05) is 53.7 Å². The molecule has 2 heterocycles. The largest absolute Gasteiger partial charge is 0.300 e. The maximum atomic E-state index is 4.31. The molecule has 24 heavy (non-hydrogen) atoms. The molecule has 0 spiro atoms. The predicted octanol–water partition coefficient (Wildman–Crippen LogP) is 2.71. The maximum Gasteiger partial charge on any atom is 0.184 e. The number of para-hydroxylation sites is 1. The first kappa shape index (κ1) is 14.1. The van der Waals surface area contributed by atoms with Gasteiger partial charge in [-0.15, -0.1) is 5.10 Å². The second-order valence-corrected chi connectivity index (χ2v) is 5.24. The second-order valence-electron chi connectivity index (χ2n) is 5.24. The van der Waals surface area contributed by atoms with Crippen LogP contribution in [0.4, 0.5) is 11.5 Å². The summed E-state index contributed by atoms with van der Waals surface area (Å²) in [5.74, 6) is 0.586. The number of hydrogen-bond acceptors (Lipinski definition) is 6. The van der Waals surface area contributed by atoms with Gasteiger partial charge in [0.15, 0.2) is 17.0 Å². The molecule has 0 aliphatic rings. The lowest BCUT2D eigenvalue weighted by Crippen LogP contribution is -2.10. The van der Waals surface area contributed by atoms with Gasteiger partial charge < -0.3 is 0 Å². The van der Waals surface area contributed by atoms with Crippen LogP contribution in [0.1, 0.15) is 5.56 Å². The second kappa shape index (κ2) is 6.33. The quantitative estimate of drug-likeness (QED) is 0.551. The Balaban J connectivity index is 1.59. The zero-order chi connectivity index (χ0) is 16.2. The monoisotopic (exact) mass is 317 g/mol. The Morgan fingerprint density at radius 1 is 0.833 bits per heavy atom. The molecule has 0 saturated carbocycles. The van der Waals surface area contributed by atoms with Gasteiger partial charge in [0.2, 0.25) is 0 Å². The minimum Gasteiger partial charge on any atom is -0.300 e. The van der Waals surface area contributed by atoms with Gasteiger partial charge in [-0.3, -0.25) is 10.9 Å². The van der Waals surface area contributed by atoms with E-state index < -0.39 is 0 Å². The summed E-state index contributed by atoms with van der Waals surface area (Å²) in [5, 5.41) is 8.42. The molecule has 7 heteroatoms. The van der Waals surface area contributed by atoms with Crippen LogP contribution in [0.15, 0.2) is 67.0 Å². The number of rotatable bonds is 5. The van der Waals surface area contributed by atoms with Crippen molar-refractivity contribution in [2.75, 3.05) is 10.9 Å². The number of anilines is 2. The number of nitrogens with one attached hydrogen (secondary N) is 2. The van der Waals surface area contributed by atoms with Crippen molar-refractivity contribution in [1.82, 2.24) is 25.0 Å². The summed E-state index contributed by atoms with van der Waals surface area (Å²) in [7, 11) is 0. The van der Waals surface area contributed by atoms with Crippen LogP contribution in [0.5, 0.6) is 0 Å². The van der Waals surface area contributed by atoms with Gasteiger partial charge in [0, 0.05) is 0 Å². The Morgan fingerprint density at radius 3 is 2.38 bits per heavy atom. The van der Waals surface area contributed by atoms with E-state index in [0.29, 0.717) is 23.5 Å². The van der Waals surface area contributed by atoms with Crippen LogP contribution in [-0.4, -0.2) is 25.0 Å². The van der Waals surface area contributed by atoms with Gasteiger partial charge in [-0.25, -0.2) is 14.6 Å². The van der Waals surface area contributed by atoms with Gasteiger partial charge in [0.25, 0.3) is 0 Å². The summed E-state index contributed by atoms with van der Waals surface area (Å²) >= 11 is 0. The zero-order valence-electron chi connectivity index (χ0n) is 12.8. The van der Waals surface area contributed by atoms with Crippen molar-refractivity contribution in [3.05, 3.63) is 72.6 Å². The highest BCUT2D eigenvalue weighted by atomic mass is 15.5. The van der Waals surface area contributed by atoms with Gasteiger partial charge in [0.05, 0.1) is 12.2 Å². The highest BCUT2D eigenvalue weighted by molar-refractivity contribution is 5.82. The Bertz CT molecular complexity index is 935. The first-order valence-corrected chi connectivity index (χ1v) is 7.55. The lowest BCUT2D eigenvalue weighted by atomic mass is 10.2. The van der Waals surface area contributed by atoms with E-state index >= 15 is 0 Å². The van der Waals surface area contributed by atoms with Crippen molar-refractivity contribution in [2.45, 2.75) is 6.54 Å². The number of hydrazine groups is 1. The van der Waals surface area contributed by atoms with Crippen LogP contribution in [-0.2, 0) is 6.54 Å². The molecule has 118 valence electrons. The van der Waals surface area contributed by atoms with E-state index in [2.05, 4.69) is 31.1 Å². The molecule has 0 aliphatic carbocycles. The van der Waals surface area contributed by atoms with E-state index in [1.165, 1.54) is 6.33 Å². The summed E-state index contributed by atoms with van der Waals surface area (Å²) < 4.78 is 1.76. The minimum absolute atomic E-state index is 0.586. The van der Waals surface area contributed by atoms with E-state index in [9.17, 15) is 0 Å². The smallest absolute Gasteiger partial charge is 0.184 e. The van der Waals surface area contributed by atoms with Crippen LogP contribution in [0, 0.1) is 0 Å². The SMILES string of the molecule is c1ccc(Cn2nnc3c(NNc4ccccc4)ncnc32)cc1. The third kappa shape index (κ3) is 2.87. The lowest BCUT2D eigenvalue weighted by molar-refractivity contribution is 0.664. The van der Waals surface area contributed by atoms with Crippen LogP contribution in [0.2, 0.25) is 0 Å². The van der Waals surface area contributed by atoms with Crippen LogP contribution < -0.4 is 10.9 Å². The first-order chi connectivity index (χ1) is 11.9. The molecule has 0 unspecified atom stereocenters. The van der Waals surface area contributed by atoms with Crippen LogP contribution in [0.25, 0.3) is 11.2 Å². The molecule has 4 rings (SSSR count). The first-order valence-electron chi connectivity index (χ1n) is 7.55. The van der Waals surface area contributed by atoms with Crippen LogP contribution >= 0.6 is 0 Å². The molecule has 0 amide bonds. The molecule has 0 bridgehead atoms. The molecule has 0 saturated heterocycles. The van der Waals surface area contributed by atoms with Crippen molar-refractivity contribution in [3.8, 4) is 0 Å². The topological polar surface area (TPSA) is 80.5 Å². The van der Waals surface area contributed by atoms with E-state index in [1.54, 1.807) is 4.68 Å². The molecular weight excluding hydrogens is 302 g/mol. The van der Waals surface area contributed by atoms with Gasteiger partial charge in [-0.2, -0.15) is 0 Å². The number of hydrogen-bond donors (Lipinski definition) is 2. The fourth-order valence-electron chi connectivity index (χ4n) is 2.40. The number of fused-ring (bicyclic) bond motifs is 1. The number of benzene rings is 2. The summed E-state index contributed by atoms with van der Waals surface area (Å²) in [5.41, 5.74) is 9.54. The van der Waals surface area contributed by atoms with Gasteiger partial charge in [0.1, 0.15) is 6.33 Å². The highest BCUT2D eigenvalue weighted by Gasteiger charge is 2.11. The van der Waals surface area contributed by atoms with E-state index in [0.717, 1.165) is 11.3 Å². The van der Waals surface area contributed by atoms with Crippen molar-refractivity contribution in [1.29, 1.82) is 0 Å². The molecule has 0 aliphatic heterocycles. The summed E-state index contributed by atoms with van der Waals surface area (Å²) in [6.45, 7) is 0.611. The van der Waals surface area contributed by atoms with Crippen molar-refractivity contribution < 1.29 is 0 Å². The Labute approximate surface area is 138 Å². The van der Waals surface area contributed by atoms with Crippen molar-refractivity contribution in [3.63, 3.8) is 0 Å². The molecule has 7 nitrogen and oxygen atoms in total. The molecule has 4 aromatic rings. The Kier molecular flexibility index (Phi) is 3.73. The number of nitrogens with zero attached hydrogens (tertiary/aromatic N) is 5. The Morgan fingerprint density at radius 2 is 1.58 bits per heavy atom. The fourth-order valence-corrected chi connectivity index (χ4v) is 2.40. The highest BCUT2D eigenvalue weighted by Crippen LogP contribution is 2.17. The average molecular weight is 317 g/mol. The van der Waals surface area contributed by atoms with Gasteiger partial charge >= 0.3 is 0 Å². The van der Waals surface area contributed by atoms with Crippen molar-refractivity contribution >= 4 is 22.7 Å². The Hall–Kier alpha value is -3.48. The van der Waals surface area contributed by atoms with E-state index in [-0.39, 0.29) is 0 Å².